The van der Waals surface area contributed by atoms with Crippen molar-refractivity contribution in [3.8, 4) is 17.2 Å². The Hall–Kier alpha value is -4.14. The van der Waals surface area contributed by atoms with Gasteiger partial charge in [-0.15, -0.1) is 8.78 Å². The summed E-state index contributed by atoms with van der Waals surface area (Å²) in [6.07, 6.45) is -2.65. The molecule has 3 aromatic carbocycles. The second-order valence-corrected chi connectivity index (χ2v) is 9.75. The summed E-state index contributed by atoms with van der Waals surface area (Å²) in [6, 6.07) is 16.4. The Morgan fingerprint density at radius 3 is 2.49 bits per heavy atom. The van der Waals surface area contributed by atoms with Crippen LogP contribution < -0.4 is 19.5 Å². The summed E-state index contributed by atoms with van der Waals surface area (Å²) in [7, 11) is 0. The van der Waals surface area contributed by atoms with Crippen molar-refractivity contribution < 1.29 is 37.7 Å². The largest absolute Gasteiger partial charge is 0.586 e. The van der Waals surface area contributed by atoms with Crippen LogP contribution in [0.15, 0.2) is 60.7 Å². The standard InChI is InChI=1S/C28H23F2NO6/c1-15-5-7-21-19(11-15)20(14-23(35-21)16-3-2-4-17(12-16)25(32)33)31-26(34)27(9-10-27)18-6-8-22-24(13-18)37-28(29,30)36-22/h2-8,11-13,20,23H,9-10,14H2,1H3,(H,31,34)(H,32,33)/t20-,23+/m0/s1. The Kier molecular flexibility index (Phi) is 5.15. The lowest BCUT2D eigenvalue weighted by Crippen LogP contribution is -2.39. The van der Waals surface area contributed by atoms with E-state index in [2.05, 4.69) is 14.8 Å². The Bertz CT molecular complexity index is 1430. The van der Waals surface area contributed by atoms with Crippen LogP contribution in [0, 0.1) is 6.92 Å². The molecule has 0 radical (unpaired) electrons. The van der Waals surface area contributed by atoms with Gasteiger partial charge in [-0.3, -0.25) is 4.79 Å². The highest BCUT2D eigenvalue weighted by Crippen LogP contribution is 2.52. The highest BCUT2D eigenvalue weighted by Gasteiger charge is 2.53. The predicted molar refractivity (Wildman–Crippen MR) is 127 cm³/mol. The quantitative estimate of drug-likeness (QED) is 0.479. The molecule has 37 heavy (non-hydrogen) atoms. The number of halogens is 2. The van der Waals surface area contributed by atoms with Crippen molar-refractivity contribution in [3.63, 3.8) is 0 Å². The van der Waals surface area contributed by atoms with Crippen LogP contribution in [-0.2, 0) is 10.2 Å². The van der Waals surface area contributed by atoms with Gasteiger partial charge in [-0.1, -0.05) is 35.9 Å². The van der Waals surface area contributed by atoms with Crippen LogP contribution in [0.5, 0.6) is 17.2 Å². The van der Waals surface area contributed by atoms with Gasteiger partial charge in [0.2, 0.25) is 5.91 Å². The van der Waals surface area contributed by atoms with Crippen LogP contribution >= 0.6 is 0 Å². The van der Waals surface area contributed by atoms with Gasteiger partial charge in [-0.2, -0.15) is 0 Å². The molecule has 1 saturated carbocycles. The van der Waals surface area contributed by atoms with Gasteiger partial charge in [-0.05, 0) is 61.2 Å². The molecule has 0 bridgehead atoms. The van der Waals surface area contributed by atoms with E-state index in [4.69, 9.17) is 4.74 Å². The highest BCUT2D eigenvalue weighted by atomic mass is 19.3. The van der Waals surface area contributed by atoms with Crippen molar-refractivity contribution in [3.05, 3.63) is 88.5 Å². The zero-order chi connectivity index (χ0) is 25.9. The lowest BCUT2D eigenvalue weighted by molar-refractivity contribution is -0.286. The van der Waals surface area contributed by atoms with Crippen LogP contribution in [0.2, 0.25) is 0 Å². The van der Waals surface area contributed by atoms with Crippen LogP contribution in [-0.4, -0.2) is 23.3 Å². The van der Waals surface area contributed by atoms with Gasteiger partial charge in [0.15, 0.2) is 11.5 Å². The minimum absolute atomic E-state index is 0.0646. The van der Waals surface area contributed by atoms with E-state index in [0.29, 0.717) is 36.1 Å². The number of aryl methyl sites for hydroxylation is 1. The average Bonchev–Trinajstić information content (AvgIpc) is 3.61. The third-order valence-electron chi connectivity index (χ3n) is 7.21. The van der Waals surface area contributed by atoms with Gasteiger partial charge in [-0.25, -0.2) is 4.79 Å². The van der Waals surface area contributed by atoms with Gasteiger partial charge >= 0.3 is 12.3 Å². The van der Waals surface area contributed by atoms with E-state index in [0.717, 1.165) is 11.1 Å². The summed E-state index contributed by atoms with van der Waals surface area (Å²) in [4.78, 5) is 25.1. The predicted octanol–water partition coefficient (Wildman–Crippen LogP) is 5.43. The number of alkyl halides is 2. The van der Waals surface area contributed by atoms with E-state index < -0.39 is 29.8 Å². The highest BCUT2D eigenvalue weighted by molar-refractivity contribution is 5.92. The molecule has 0 spiro atoms. The Morgan fingerprint density at radius 2 is 1.73 bits per heavy atom. The molecule has 2 aliphatic heterocycles. The Morgan fingerprint density at radius 1 is 0.973 bits per heavy atom. The molecule has 7 nitrogen and oxygen atoms in total. The first-order valence-corrected chi connectivity index (χ1v) is 12.0. The normalized spacial score (nSPS) is 21.9. The Balaban J connectivity index is 1.29. The molecular formula is C28H23F2NO6. The molecule has 2 atom stereocenters. The van der Waals surface area contributed by atoms with Crippen LogP contribution in [0.25, 0.3) is 0 Å². The number of carboxylic acid groups (broad SMARTS) is 1. The molecule has 0 aromatic heterocycles. The number of nitrogens with one attached hydrogen (secondary N) is 1. The number of carboxylic acids is 1. The van der Waals surface area contributed by atoms with E-state index in [1.165, 1.54) is 18.2 Å². The van der Waals surface area contributed by atoms with Crippen molar-refractivity contribution in [2.24, 2.45) is 0 Å². The second-order valence-electron chi connectivity index (χ2n) is 9.75. The number of rotatable bonds is 5. The molecule has 0 unspecified atom stereocenters. The summed E-state index contributed by atoms with van der Waals surface area (Å²) in [5.74, 6) is -0.786. The third-order valence-corrected chi connectivity index (χ3v) is 7.21. The third kappa shape index (κ3) is 4.14. The zero-order valence-electron chi connectivity index (χ0n) is 19.8. The molecule has 2 heterocycles. The molecule has 9 heteroatoms. The minimum Gasteiger partial charge on any atom is -0.485 e. The summed E-state index contributed by atoms with van der Waals surface area (Å²) in [5, 5.41) is 12.6. The van der Waals surface area contributed by atoms with E-state index >= 15 is 0 Å². The van der Waals surface area contributed by atoms with Gasteiger partial charge in [0.25, 0.3) is 0 Å². The van der Waals surface area contributed by atoms with Crippen LogP contribution in [0.3, 0.4) is 0 Å². The number of hydrogen-bond donors (Lipinski definition) is 2. The fourth-order valence-electron chi connectivity index (χ4n) is 5.12. The van der Waals surface area contributed by atoms with Gasteiger partial charge in [0.1, 0.15) is 11.9 Å². The number of ether oxygens (including phenoxy) is 3. The maximum Gasteiger partial charge on any atom is 0.586 e. The molecule has 190 valence electrons. The molecule has 1 fully saturated rings. The van der Waals surface area contributed by atoms with Gasteiger partial charge in [0.05, 0.1) is 17.0 Å². The number of amides is 1. The molecular weight excluding hydrogens is 484 g/mol. The topological polar surface area (TPSA) is 94.1 Å². The van der Waals surface area contributed by atoms with Crippen molar-refractivity contribution in [1.82, 2.24) is 5.32 Å². The zero-order valence-corrected chi connectivity index (χ0v) is 19.8. The van der Waals surface area contributed by atoms with Crippen molar-refractivity contribution in [2.45, 2.75) is 50.0 Å². The Labute approximate surface area is 211 Å². The molecule has 6 rings (SSSR count). The van der Waals surface area contributed by atoms with E-state index in [-0.39, 0.29) is 23.0 Å². The first-order valence-electron chi connectivity index (χ1n) is 12.0. The second kappa shape index (κ2) is 8.19. The molecule has 0 saturated heterocycles. The van der Waals surface area contributed by atoms with Crippen LogP contribution in [0.1, 0.15) is 64.0 Å². The van der Waals surface area contributed by atoms with Crippen molar-refractivity contribution >= 4 is 11.9 Å². The summed E-state index contributed by atoms with van der Waals surface area (Å²) in [6.45, 7) is 1.95. The summed E-state index contributed by atoms with van der Waals surface area (Å²) in [5.41, 5.74) is 2.43. The number of carbonyl (C=O) groups is 2. The van der Waals surface area contributed by atoms with Gasteiger partial charge in [0, 0.05) is 12.0 Å². The lowest BCUT2D eigenvalue weighted by atomic mass is 9.89. The first kappa shape index (κ1) is 23.3. The van der Waals surface area contributed by atoms with E-state index in [9.17, 15) is 23.5 Å². The molecule has 3 aromatic rings. The maximum atomic E-state index is 13.7. The van der Waals surface area contributed by atoms with Gasteiger partial charge < -0.3 is 24.6 Å². The number of hydrogen-bond acceptors (Lipinski definition) is 5. The fourth-order valence-corrected chi connectivity index (χ4v) is 5.12. The van der Waals surface area contributed by atoms with Crippen molar-refractivity contribution in [2.75, 3.05) is 0 Å². The maximum absolute atomic E-state index is 13.7. The monoisotopic (exact) mass is 507 g/mol. The minimum atomic E-state index is -3.73. The smallest absolute Gasteiger partial charge is 0.485 e. The van der Waals surface area contributed by atoms with E-state index in [1.807, 2.05) is 25.1 Å². The summed E-state index contributed by atoms with van der Waals surface area (Å²) >= 11 is 0. The first-order chi connectivity index (χ1) is 17.6. The number of carbonyl (C=O) groups excluding carboxylic acids is 1. The number of aromatic carboxylic acids is 1. The van der Waals surface area contributed by atoms with Crippen LogP contribution in [0.4, 0.5) is 8.78 Å². The molecule has 1 amide bonds. The number of fused-ring (bicyclic) bond motifs is 2. The van der Waals surface area contributed by atoms with E-state index in [1.54, 1.807) is 24.3 Å². The molecule has 3 aliphatic rings. The summed E-state index contributed by atoms with van der Waals surface area (Å²) < 4.78 is 42.3. The average molecular weight is 507 g/mol. The lowest BCUT2D eigenvalue weighted by Gasteiger charge is -2.34. The molecule has 1 aliphatic carbocycles. The number of benzene rings is 3. The SMILES string of the molecule is Cc1ccc2c(c1)[C@@H](NC(=O)C1(c3ccc4c(c3)OC(F)(F)O4)CC1)C[C@H](c1cccc(C(=O)O)c1)O2. The molecule has 2 N–H and O–H groups in total. The van der Waals surface area contributed by atoms with Crippen molar-refractivity contribution in [1.29, 1.82) is 0 Å². The fraction of sp³-hybridized carbons (Fsp3) is 0.286.